The highest BCUT2D eigenvalue weighted by atomic mass is 79.9. The predicted octanol–water partition coefficient (Wildman–Crippen LogP) is 4.47. The molecular formula is C22H26BrCl2N3O4S. The van der Waals surface area contributed by atoms with Gasteiger partial charge in [-0.15, -0.1) is 0 Å². The number of amides is 2. The lowest BCUT2D eigenvalue weighted by Crippen LogP contribution is -2.52. The number of nitrogens with one attached hydrogen (secondary N) is 1. The minimum Gasteiger partial charge on any atom is -0.355 e. The third kappa shape index (κ3) is 7.60. The molecule has 0 bridgehead atoms. The lowest BCUT2D eigenvalue weighted by molar-refractivity contribution is -0.140. The number of benzene rings is 2. The zero-order chi connectivity index (χ0) is 24.8. The molecule has 11 heteroatoms. The molecule has 7 nitrogen and oxygen atoms in total. The molecule has 0 unspecified atom stereocenters. The van der Waals surface area contributed by atoms with Crippen molar-refractivity contribution < 1.29 is 18.0 Å². The average Bonchev–Trinajstić information content (AvgIpc) is 2.73. The molecule has 1 atom stereocenters. The van der Waals surface area contributed by atoms with Crippen LogP contribution in [0.25, 0.3) is 0 Å². The number of sulfonamides is 1. The number of carbonyl (C=O) groups is 2. The Bertz CT molecular complexity index is 1110. The smallest absolute Gasteiger partial charge is 0.244 e. The molecule has 2 aromatic rings. The molecule has 0 aliphatic heterocycles. The minimum absolute atomic E-state index is 0.0570. The van der Waals surface area contributed by atoms with Crippen molar-refractivity contribution >= 4 is 66.7 Å². The normalized spacial score (nSPS) is 12.2. The molecule has 2 rings (SSSR count). The summed E-state index contributed by atoms with van der Waals surface area (Å²) in [6, 6.07) is 10.8. The molecular weight excluding hydrogens is 553 g/mol. The van der Waals surface area contributed by atoms with E-state index in [1.807, 2.05) is 0 Å². The molecule has 2 amide bonds. The van der Waals surface area contributed by atoms with Crippen LogP contribution in [0.4, 0.5) is 5.69 Å². The maximum atomic E-state index is 13.5. The SMILES string of the molecule is CCNC(=O)[C@H](CC)N(Cc1ccc(Cl)c(Cl)c1)C(=O)CN(c1cccc(Br)c1)S(C)(=O)=O. The first-order valence-corrected chi connectivity index (χ1v) is 13.6. The second kappa shape index (κ2) is 12.1. The summed E-state index contributed by atoms with van der Waals surface area (Å²) in [6.07, 6.45) is 1.38. The predicted molar refractivity (Wildman–Crippen MR) is 136 cm³/mol. The fraction of sp³-hybridized carbons (Fsp3) is 0.364. The molecule has 180 valence electrons. The van der Waals surface area contributed by atoms with Gasteiger partial charge in [-0.05, 0) is 49.2 Å². The number of nitrogens with zero attached hydrogens (tertiary/aromatic N) is 2. The van der Waals surface area contributed by atoms with Crippen LogP contribution in [0.3, 0.4) is 0 Å². The molecule has 0 saturated carbocycles. The van der Waals surface area contributed by atoms with Gasteiger partial charge in [0.1, 0.15) is 12.6 Å². The molecule has 0 aliphatic carbocycles. The van der Waals surface area contributed by atoms with Crippen LogP contribution in [0.1, 0.15) is 25.8 Å². The van der Waals surface area contributed by atoms with Gasteiger partial charge in [0, 0.05) is 17.6 Å². The zero-order valence-corrected chi connectivity index (χ0v) is 22.4. The van der Waals surface area contributed by atoms with Gasteiger partial charge in [-0.3, -0.25) is 13.9 Å². The molecule has 2 aromatic carbocycles. The first-order valence-electron chi connectivity index (χ1n) is 10.2. The van der Waals surface area contributed by atoms with Crippen LogP contribution in [0.2, 0.25) is 10.0 Å². The standard InChI is InChI=1S/C22H26BrCl2N3O4S/c1-4-20(22(30)26-5-2)27(13-15-9-10-18(24)19(25)11-15)21(29)14-28(33(3,31)32)17-8-6-7-16(23)12-17/h6-12,20H,4-5,13-14H2,1-3H3,(H,26,30)/t20-/m0/s1. The third-order valence-electron chi connectivity index (χ3n) is 4.85. The summed E-state index contributed by atoms with van der Waals surface area (Å²) in [7, 11) is -3.79. The lowest BCUT2D eigenvalue weighted by atomic mass is 10.1. The van der Waals surface area contributed by atoms with E-state index < -0.39 is 28.5 Å². The van der Waals surface area contributed by atoms with Crippen LogP contribution in [-0.4, -0.2) is 50.5 Å². The first-order chi connectivity index (χ1) is 15.5. The van der Waals surface area contributed by atoms with Gasteiger partial charge in [0.2, 0.25) is 21.8 Å². The van der Waals surface area contributed by atoms with Crippen molar-refractivity contribution in [3.8, 4) is 0 Å². The Labute approximate surface area is 213 Å². The maximum Gasteiger partial charge on any atom is 0.244 e. The number of anilines is 1. The van der Waals surface area contributed by atoms with Gasteiger partial charge in [0.15, 0.2) is 0 Å². The van der Waals surface area contributed by atoms with Crippen molar-refractivity contribution in [2.75, 3.05) is 23.7 Å². The topological polar surface area (TPSA) is 86.8 Å². The molecule has 0 radical (unpaired) electrons. The number of rotatable bonds is 10. The molecule has 0 spiro atoms. The van der Waals surface area contributed by atoms with E-state index in [2.05, 4.69) is 21.2 Å². The van der Waals surface area contributed by atoms with Crippen LogP contribution in [0, 0.1) is 0 Å². The lowest BCUT2D eigenvalue weighted by Gasteiger charge is -2.32. The van der Waals surface area contributed by atoms with E-state index >= 15 is 0 Å². The summed E-state index contributed by atoms with van der Waals surface area (Å²) in [5, 5.41) is 3.43. The molecule has 1 N–H and O–H groups in total. The van der Waals surface area contributed by atoms with Gasteiger partial charge >= 0.3 is 0 Å². The van der Waals surface area contributed by atoms with Crippen LogP contribution < -0.4 is 9.62 Å². The molecule has 0 aromatic heterocycles. The highest BCUT2D eigenvalue weighted by Gasteiger charge is 2.31. The quantitative estimate of drug-likeness (QED) is 0.451. The summed E-state index contributed by atoms with van der Waals surface area (Å²) in [5.74, 6) is -0.841. The Balaban J connectivity index is 2.45. The largest absolute Gasteiger partial charge is 0.355 e. The Morgan fingerprint density at radius 3 is 2.33 bits per heavy atom. The van der Waals surface area contributed by atoms with Crippen molar-refractivity contribution in [3.63, 3.8) is 0 Å². The first kappa shape index (κ1) is 27.4. The van der Waals surface area contributed by atoms with Crippen LogP contribution in [0.5, 0.6) is 0 Å². The molecule has 0 saturated heterocycles. The van der Waals surface area contributed by atoms with Gasteiger partial charge < -0.3 is 10.2 Å². The number of halogens is 3. The number of carbonyl (C=O) groups excluding carboxylic acids is 2. The highest BCUT2D eigenvalue weighted by molar-refractivity contribution is 9.10. The Hall–Kier alpha value is -1.81. The zero-order valence-electron chi connectivity index (χ0n) is 18.5. The number of hydrogen-bond acceptors (Lipinski definition) is 4. The summed E-state index contributed by atoms with van der Waals surface area (Å²) < 4.78 is 26.8. The summed E-state index contributed by atoms with van der Waals surface area (Å²) in [6.45, 7) is 3.57. The second-order valence-electron chi connectivity index (χ2n) is 7.34. The monoisotopic (exact) mass is 577 g/mol. The van der Waals surface area contributed by atoms with Gasteiger partial charge in [-0.25, -0.2) is 8.42 Å². The fourth-order valence-electron chi connectivity index (χ4n) is 3.29. The van der Waals surface area contributed by atoms with Crippen molar-refractivity contribution in [1.29, 1.82) is 0 Å². The summed E-state index contributed by atoms with van der Waals surface area (Å²) >= 11 is 15.5. The maximum absolute atomic E-state index is 13.5. The Morgan fingerprint density at radius 1 is 1.09 bits per heavy atom. The average molecular weight is 579 g/mol. The van der Waals surface area contributed by atoms with Crippen molar-refractivity contribution in [1.82, 2.24) is 10.2 Å². The van der Waals surface area contributed by atoms with Gasteiger partial charge in [0.05, 0.1) is 22.0 Å². The van der Waals surface area contributed by atoms with Crippen molar-refractivity contribution in [2.24, 2.45) is 0 Å². The van der Waals surface area contributed by atoms with Crippen LogP contribution in [0.15, 0.2) is 46.9 Å². The second-order valence-corrected chi connectivity index (χ2v) is 11.0. The van der Waals surface area contributed by atoms with Crippen LogP contribution >= 0.6 is 39.1 Å². The van der Waals surface area contributed by atoms with E-state index in [-0.39, 0.29) is 12.5 Å². The van der Waals surface area contributed by atoms with Gasteiger partial charge in [-0.2, -0.15) is 0 Å². The number of likely N-dealkylation sites (N-methyl/N-ethyl adjacent to an activating group) is 1. The highest BCUT2D eigenvalue weighted by Crippen LogP contribution is 2.25. The van der Waals surface area contributed by atoms with E-state index in [0.29, 0.717) is 38.7 Å². The molecule has 0 aliphatic rings. The van der Waals surface area contributed by atoms with Gasteiger partial charge in [-0.1, -0.05) is 58.2 Å². The Morgan fingerprint density at radius 2 is 1.79 bits per heavy atom. The molecule has 0 fully saturated rings. The van der Waals surface area contributed by atoms with Crippen LogP contribution in [-0.2, 0) is 26.2 Å². The van der Waals surface area contributed by atoms with E-state index in [4.69, 9.17) is 23.2 Å². The van der Waals surface area contributed by atoms with E-state index in [1.165, 1.54) is 4.90 Å². The minimum atomic E-state index is -3.79. The third-order valence-corrected chi connectivity index (χ3v) is 7.22. The Kier molecular flexibility index (Phi) is 10.0. The fourth-order valence-corrected chi connectivity index (χ4v) is 4.84. The van der Waals surface area contributed by atoms with E-state index in [9.17, 15) is 18.0 Å². The van der Waals surface area contributed by atoms with Crippen molar-refractivity contribution in [2.45, 2.75) is 32.9 Å². The summed E-state index contributed by atoms with van der Waals surface area (Å²) in [4.78, 5) is 27.6. The number of hydrogen-bond donors (Lipinski definition) is 1. The molecule has 33 heavy (non-hydrogen) atoms. The van der Waals surface area contributed by atoms with E-state index in [1.54, 1.807) is 56.3 Å². The van der Waals surface area contributed by atoms with Crippen molar-refractivity contribution in [3.05, 3.63) is 62.5 Å². The van der Waals surface area contributed by atoms with Gasteiger partial charge in [0.25, 0.3) is 0 Å². The van der Waals surface area contributed by atoms with E-state index in [0.717, 1.165) is 10.6 Å². The molecule has 0 heterocycles. The summed E-state index contributed by atoms with van der Waals surface area (Å²) in [5.41, 5.74) is 0.995.